The van der Waals surface area contributed by atoms with E-state index < -0.39 is 0 Å². The maximum Gasteiger partial charge on any atom is 0.143 e. The minimum Gasteiger partial charge on any atom is -0.409 e. The second-order valence-corrected chi connectivity index (χ2v) is 4.15. The lowest BCUT2D eigenvalue weighted by atomic mass is 9.89. The largest absolute Gasteiger partial charge is 0.409 e. The molecule has 0 fully saturated rings. The number of rotatable bonds is 7. The van der Waals surface area contributed by atoms with Crippen LogP contribution in [0.25, 0.3) is 0 Å². The molecule has 4 heteroatoms. The Morgan fingerprint density at radius 3 is 2.13 bits per heavy atom. The normalized spacial score (nSPS) is 15.3. The molecule has 0 amide bonds. The lowest BCUT2D eigenvalue weighted by molar-refractivity contribution is 0.280. The monoisotopic (exact) mass is 215 g/mol. The summed E-state index contributed by atoms with van der Waals surface area (Å²) in [6.07, 6.45) is 3.30. The predicted molar refractivity (Wildman–Crippen MR) is 64.2 cm³/mol. The van der Waals surface area contributed by atoms with Crippen LogP contribution in [0.3, 0.4) is 0 Å². The minimum atomic E-state index is 0.0685. The van der Waals surface area contributed by atoms with Gasteiger partial charge < -0.3 is 16.3 Å². The highest BCUT2D eigenvalue weighted by atomic mass is 16.4. The van der Waals surface area contributed by atoms with E-state index >= 15 is 0 Å². The molecule has 0 aliphatic rings. The molecule has 1 atom stereocenters. The lowest BCUT2D eigenvalue weighted by Crippen LogP contribution is -2.47. The Hall–Kier alpha value is -0.770. The van der Waals surface area contributed by atoms with Crippen molar-refractivity contribution in [3.8, 4) is 0 Å². The third-order valence-electron chi connectivity index (χ3n) is 3.43. The SMILES string of the molecule is CCC(CC)(CC)NCC(C)C(N)=NO. The van der Waals surface area contributed by atoms with Gasteiger partial charge in [-0.2, -0.15) is 0 Å². The lowest BCUT2D eigenvalue weighted by Gasteiger charge is -2.33. The Morgan fingerprint density at radius 2 is 1.80 bits per heavy atom. The zero-order chi connectivity index (χ0) is 11.9. The smallest absolute Gasteiger partial charge is 0.143 e. The van der Waals surface area contributed by atoms with Crippen LogP contribution in [0.4, 0.5) is 0 Å². The molecule has 0 aromatic rings. The Bertz CT molecular complexity index is 192. The van der Waals surface area contributed by atoms with E-state index in [4.69, 9.17) is 10.9 Å². The first-order chi connectivity index (χ1) is 7.05. The van der Waals surface area contributed by atoms with Gasteiger partial charge in [0, 0.05) is 18.0 Å². The van der Waals surface area contributed by atoms with Crippen LogP contribution in [0, 0.1) is 5.92 Å². The molecule has 1 unspecified atom stereocenters. The zero-order valence-corrected chi connectivity index (χ0v) is 10.4. The molecule has 0 aliphatic heterocycles. The fourth-order valence-corrected chi connectivity index (χ4v) is 1.70. The number of nitrogens with zero attached hydrogens (tertiary/aromatic N) is 1. The van der Waals surface area contributed by atoms with E-state index in [9.17, 15) is 0 Å². The maximum atomic E-state index is 8.54. The molecule has 15 heavy (non-hydrogen) atoms. The highest BCUT2D eigenvalue weighted by Gasteiger charge is 2.23. The van der Waals surface area contributed by atoms with E-state index in [1.165, 1.54) is 0 Å². The van der Waals surface area contributed by atoms with Gasteiger partial charge in [0.1, 0.15) is 5.84 Å². The van der Waals surface area contributed by atoms with Gasteiger partial charge in [0.15, 0.2) is 0 Å². The molecular weight excluding hydrogens is 190 g/mol. The number of oxime groups is 1. The van der Waals surface area contributed by atoms with Crippen molar-refractivity contribution >= 4 is 5.84 Å². The van der Waals surface area contributed by atoms with Gasteiger partial charge >= 0.3 is 0 Å². The van der Waals surface area contributed by atoms with Crippen molar-refractivity contribution in [2.24, 2.45) is 16.8 Å². The van der Waals surface area contributed by atoms with Gasteiger partial charge in [0.2, 0.25) is 0 Å². The highest BCUT2D eigenvalue weighted by Crippen LogP contribution is 2.19. The van der Waals surface area contributed by atoms with Gasteiger partial charge in [0.05, 0.1) is 0 Å². The van der Waals surface area contributed by atoms with Crippen molar-refractivity contribution in [1.82, 2.24) is 5.32 Å². The number of nitrogens with one attached hydrogen (secondary N) is 1. The van der Waals surface area contributed by atoms with Gasteiger partial charge in [-0.25, -0.2) is 0 Å². The summed E-state index contributed by atoms with van der Waals surface area (Å²) in [7, 11) is 0. The molecule has 0 heterocycles. The fourth-order valence-electron chi connectivity index (χ4n) is 1.70. The third kappa shape index (κ3) is 4.08. The van der Waals surface area contributed by atoms with Crippen LogP contribution < -0.4 is 11.1 Å². The first-order valence-electron chi connectivity index (χ1n) is 5.77. The Morgan fingerprint density at radius 1 is 1.33 bits per heavy atom. The van der Waals surface area contributed by atoms with E-state index in [0.29, 0.717) is 5.84 Å². The summed E-state index contributed by atoms with van der Waals surface area (Å²) in [5.74, 6) is 0.360. The summed E-state index contributed by atoms with van der Waals surface area (Å²) < 4.78 is 0. The average molecular weight is 215 g/mol. The fraction of sp³-hybridized carbons (Fsp3) is 0.909. The van der Waals surface area contributed by atoms with Crippen molar-refractivity contribution in [2.45, 2.75) is 52.5 Å². The van der Waals surface area contributed by atoms with Gasteiger partial charge in [0.25, 0.3) is 0 Å². The van der Waals surface area contributed by atoms with E-state index in [1.54, 1.807) is 0 Å². The van der Waals surface area contributed by atoms with E-state index in [1.807, 2.05) is 6.92 Å². The number of hydrogen-bond donors (Lipinski definition) is 3. The van der Waals surface area contributed by atoms with Gasteiger partial charge in [-0.15, -0.1) is 0 Å². The zero-order valence-electron chi connectivity index (χ0n) is 10.4. The highest BCUT2D eigenvalue weighted by molar-refractivity contribution is 5.82. The molecular formula is C11H25N3O. The van der Waals surface area contributed by atoms with Crippen LogP contribution in [0.1, 0.15) is 47.0 Å². The topological polar surface area (TPSA) is 70.6 Å². The van der Waals surface area contributed by atoms with Crippen molar-refractivity contribution in [1.29, 1.82) is 0 Å². The summed E-state index contributed by atoms with van der Waals surface area (Å²) >= 11 is 0. The maximum absolute atomic E-state index is 8.54. The van der Waals surface area contributed by atoms with Gasteiger partial charge in [-0.1, -0.05) is 32.9 Å². The third-order valence-corrected chi connectivity index (χ3v) is 3.43. The molecule has 0 aromatic heterocycles. The van der Waals surface area contributed by atoms with Crippen LogP contribution in [0.2, 0.25) is 0 Å². The quantitative estimate of drug-likeness (QED) is 0.263. The summed E-state index contributed by atoms with van der Waals surface area (Å²) in [6.45, 7) is 9.27. The Kier molecular flexibility index (Phi) is 6.32. The van der Waals surface area contributed by atoms with Gasteiger partial charge in [-0.05, 0) is 19.3 Å². The second-order valence-electron chi connectivity index (χ2n) is 4.15. The van der Waals surface area contributed by atoms with E-state index in [2.05, 4.69) is 31.2 Å². The van der Waals surface area contributed by atoms with Crippen LogP contribution in [0.5, 0.6) is 0 Å². The molecule has 0 rings (SSSR count). The summed E-state index contributed by atoms with van der Waals surface area (Å²) in [4.78, 5) is 0. The van der Waals surface area contributed by atoms with Crippen molar-refractivity contribution in [3.63, 3.8) is 0 Å². The summed E-state index contributed by atoms with van der Waals surface area (Å²) in [6, 6.07) is 0. The van der Waals surface area contributed by atoms with Crippen LogP contribution in [0.15, 0.2) is 5.16 Å². The number of nitrogens with two attached hydrogens (primary N) is 1. The molecule has 4 nitrogen and oxygen atoms in total. The first kappa shape index (κ1) is 14.2. The average Bonchev–Trinajstić information content (AvgIpc) is 2.30. The molecule has 0 bridgehead atoms. The van der Waals surface area contributed by atoms with Crippen molar-refractivity contribution in [2.75, 3.05) is 6.54 Å². The predicted octanol–water partition coefficient (Wildman–Crippen LogP) is 1.93. The molecule has 4 N–H and O–H groups in total. The van der Waals surface area contributed by atoms with Gasteiger partial charge in [-0.3, -0.25) is 0 Å². The van der Waals surface area contributed by atoms with Crippen LogP contribution >= 0.6 is 0 Å². The second kappa shape index (κ2) is 6.67. The molecule has 0 spiro atoms. The number of hydrogen-bond acceptors (Lipinski definition) is 3. The first-order valence-corrected chi connectivity index (χ1v) is 5.77. The summed E-state index contributed by atoms with van der Waals surface area (Å²) in [5, 5.41) is 15.1. The van der Waals surface area contributed by atoms with Crippen LogP contribution in [-0.4, -0.2) is 23.1 Å². The Balaban J connectivity index is 4.22. The summed E-state index contributed by atoms with van der Waals surface area (Å²) in [5.41, 5.74) is 5.73. The van der Waals surface area contributed by atoms with E-state index in [-0.39, 0.29) is 11.5 Å². The van der Waals surface area contributed by atoms with E-state index in [0.717, 1.165) is 25.8 Å². The standard InChI is InChI=1S/C11H25N3O/c1-5-11(6-2,7-3)13-8-9(4)10(12)14-15/h9,13,15H,5-8H2,1-4H3,(H2,12,14). The molecule has 0 aromatic carbocycles. The molecule has 0 saturated heterocycles. The Labute approximate surface area is 92.9 Å². The van der Waals surface area contributed by atoms with Crippen LogP contribution in [-0.2, 0) is 0 Å². The number of amidine groups is 1. The van der Waals surface area contributed by atoms with Crippen molar-refractivity contribution in [3.05, 3.63) is 0 Å². The minimum absolute atomic E-state index is 0.0685. The molecule has 90 valence electrons. The molecule has 0 radical (unpaired) electrons. The molecule has 0 saturated carbocycles. The molecule has 0 aliphatic carbocycles. The van der Waals surface area contributed by atoms with Crippen molar-refractivity contribution < 1.29 is 5.21 Å².